The summed E-state index contributed by atoms with van der Waals surface area (Å²) >= 11 is 0. The first-order chi connectivity index (χ1) is 8.04. The van der Waals surface area contributed by atoms with E-state index in [1.807, 2.05) is 0 Å². The minimum absolute atomic E-state index is 0.0452. The highest BCUT2D eigenvalue weighted by atomic mass is 16.5. The molecular formula is C16H28O. The fraction of sp³-hybridized carbons (Fsp3) is 0.875. The third kappa shape index (κ3) is 2.93. The van der Waals surface area contributed by atoms with Crippen LogP contribution in [0.2, 0.25) is 0 Å². The first kappa shape index (κ1) is 13.1. The molecule has 1 saturated heterocycles. The second-order valence-electron chi connectivity index (χ2n) is 6.71. The van der Waals surface area contributed by atoms with Crippen molar-refractivity contribution in [3.63, 3.8) is 0 Å². The van der Waals surface area contributed by atoms with Crippen molar-refractivity contribution in [2.24, 2.45) is 5.41 Å². The molecule has 0 spiro atoms. The van der Waals surface area contributed by atoms with Crippen LogP contribution in [0.3, 0.4) is 0 Å². The number of ether oxygens (including phenoxy) is 1. The Labute approximate surface area is 107 Å². The normalized spacial score (nSPS) is 33.9. The first-order valence-electron chi connectivity index (χ1n) is 7.35. The van der Waals surface area contributed by atoms with E-state index in [1.54, 1.807) is 5.57 Å². The van der Waals surface area contributed by atoms with Crippen molar-refractivity contribution in [3.8, 4) is 0 Å². The SMILES string of the molecule is CC1(C)CCCCCOC1(C)CC1=CCCC1. The molecule has 2 rings (SSSR count). The van der Waals surface area contributed by atoms with Gasteiger partial charge in [0.05, 0.1) is 5.60 Å². The van der Waals surface area contributed by atoms with Gasteiger partial charge in [0.2, 0.25) is 0 Å². The van der Waals surface area contributed by atoms with Crippen molar-refractivity contribution in [1.29, 1.82) is 0 Å². The van der Waals surface area contributed by atoms with Crippen molar-refractivity contribution < 1.29 is 4.74 Å². The number of rotatable bonds is 2. The van der Waals surface area contributed by atoms with Gasteiger partial charge in [-0.2, -0.15) is 0 Å². The lowest BCUT2D eigenvalue weighted by molar-refractivity contribution is -0.122. The highest BCUT2D eigenvalue weighted by Crippen LogP contribution is 2.45. The van der Waals surface area contributed by atoms with Crippen LogP contribution in [-0.2, 0) is 4.74 Å². The molecule has 2 aliphatic rings. The summed E-state index contributed by atoms with van der Waals surface area (Å²) in [6.07, 6.45) is 12.8. The molecule has 0 N–H and O–H groups in total. The van der Waals surface area contributed by atoms with Crippen LogP contribution in [0.5, 0.6) is 0 Å². The molecule has 0 saturated carbocycles. The Morgan fingerprint density at radius 3 is 2.65 bits per heavy atom. The van der Waals surface area contributed by atoms with Gasteiger partial charge in [0.15, 0.2) is 0 Å². The van der Waals surface area contributed by atoms with Gasteiger partial charge in [-0.1, -0.05) is 38.3 Å². The molecule has 1 fully saturated rings. The van der Waals surface area contributed by atoms with E-state index in [2.05, 4.69) is 26.8 Å². The molecule has 1 nitrogen and oxygen atoms in total. The maximum absolute atomic E-state index is 6.31. The first-order valence-corrected chi connectivity index (χ1v) is 7.35. The zero-order valence-electron chi connectivity index (χ0n) is 11.8. The summed E-state index contributed by atoms with van der Waals surface area (Å²) in [5.41, 5.74) is 1.99. The number of hydrogen-bond acceptors (Lipinski definition) is 1. The highest BCUT2D eigenvalue weighted by Gasteiger charge is 2.42. The molecule has 0 aromatic heterocycles. The fourth-order valence-electron chi connectivity index (χ4n) is 3.22. The monoisotopic (exact) mass is 236 g/mol. The van der Waals surface area contributed by atoms with Crippen molar-refractivity contribution in [3.05, 3.63) is 11.6 Å². The second kappa shape index (κ2) is 5.14. The molecule has 17 heavy (non-hydrogen) atoms. The summed E-state index contributed by atoms with van der Waals surface area (Å²) in [6.45, 7) is 8.09. The molecule has 98 valence electrons. The molecule has 1 aliphatic carbocycles. The molecule has 0 bridgehead atoms. The standard InChI is InChI=1S/C16H28O/c1-15(2)11-7-4-8-12-17-16(15,3)13-14-9-5-6-10-14/h9H,4-8,10-13H2,1-3H3. The molecule has 1 atom stereocenters. The van der Waals surface area contributed by atoms with Gasteiger partial charge >= 0.3 is 0 Å². The van der Waals surface area contributed by atoms with Gasteiger partial charge in [0, 0.05) is 6.61 Å². The largest absolute Gasteiger partial charge is 0.374 e. The maximum atomic E-state index is 6.31. The van der Waals surface area contributed by atoms with Crippen molar-refractivity contribution >= 4 is 0 Å². The zero-order valence-corrected chi connectivity index (χ0v) is 11.8. The summed E-state index contributed by atoms with van der Waals surface area (Å²) in [4.78, 5) is 0. The van der Waals surface area contributed by atoms with E-state index in [0.29, 0.717) is 5.41 Å². The van der Waals surface area contributed by atoms with Crippen LogP contribution in [0.25, 0.3) is 0 Å². The van der Waals surface area contributed by atoms with Gasteiger partial charge < -0.3 is 4.74 Å². The van der Waals surface area contributed by atoms with Crippen molar-refractivity contribution in [2.75, 3.05) is 6.61 Å². The van der Waals surface area contributed by atoms with Crippen LogP contribution < -0.4 is 0 Å². The average Bonchev–Trinajstić information content (AvgIpc) is 2.74. The summed E-state index contributed by atoms with van der Waals surface area (Å²) in [7, 11) is 0. The summed E-state index contributed by atoms with van der Waals surface area (Å²) < 4.78 is 6.31. The quantitative estimate of drug-likeness (QED) is 0.622. The zero-order chi connectivity index (χ0) is 12.4. The average molecular weight is 236 g/mol. The Hall–Kier alpha value is -0.300. The minimum atomic E-state index is 0.0452. The molecule has 0 aromatic rings. The van der Waals surface area contributed by atoms with Gasteiger partial charge in [-0.05, 0) is 50.9 Å². The fourth-order valence-corrected chi connectivity index (χ4v) is 3.22. The molecule has 0 radical (unpaired) electrons. The van der Waals surface area contributed by atoms with Gasteiger partial charge in [0.1, 0.15) is 0 Å². The Balaban J connectivity index is 2.10. The van der Waals surface area contributed by atoms with Crippen LogP contribution in [0, 0.1) is 5.41 Å². The molecule has 1 aliphatic heterocycles. The Bertz CT molecular complexity index is 290. The summed E-state index contributed by atoms with van der Waals surface area (Å²) in [5, 5.41) is 0. The van der Waals surface area contributed by atoms with Crippen LogP contribution in [-0.4, -0.2) is 12.2 Å². The predicted molar refractivity (Wildman–Crippen MR) is 73.2 cm³/mol. The smallest absolute Gasteiger partial charge is 0.0742 e. The molecule has 1 heterocycles. The lowest BCUT2D eigenvalue weighted by Gasteiger charge is -2.46. The summed E-state index contributed by atoms with van der Waals surface area (Å²) in [6, 6.07) is 0. The number of allylic oxidation sites excluding steroid dienone is 1. The Kier molecular flexibility index (Phi) is 3.97. The molecule has 0 aromatic carbocycles. The van der Waals surface area contributed by atoms with E-state index >= 15 is 0 Å². The van der Waals surface area contributed by atoms with Gasteiger partial charge in [0.25, 0.3) is 0 Å². The number of hydrogen-bond donors (Lipinski definition) is 0. The van der Waals surface area contributed by atoms with Gasteiger partial charge in [-0.15, -0.1) is 0 Å². The predicted octanol–water partition coefficient (Wildman–Crippen LogP) is 4.86. The van der Waals surface area contributed by atoms with E-state index < -0.39 is 0 Å². The van der Waals surface area contributed by atoms with E-state index in [0.717, 1.165) is 13.0 Å². The van der Waals surface area contributed by atoms with Crippen LogP contribution in [0.4, 0.5) is 0 Å². The Morgan fingerprint density at radius 2 is 1.94 bits per heavy atom. The van der Waals surface area contributed by atoms with Crippen molar-refractivity contribution in [2.45, 2.75) is 77.7 Å². The second-order valence-corrected chi connectivity index (χ2v) is 6.71. The van der Waals surface area contributed by atoms with Gasteiger partial charge in [-0.3, -0.25) is 0 Å². The highest BCUT2D eigenvalue weighted by molar-refractivity contribution is 5.13. The lowest BCUT2D eigenvalue weighted by Crippen LogP contribution is -2.45. The third-order valence-corrected chi connectivity index (χ3v) is 5.00. The van der Waals surface area contributed by atoms with E-state index in [-0.39, 0.29) is 5.60 Å². The van der Waals surface area contributed by atoms with Crippen LogP contribution in [0.15, 0.2) is 11.6 Å². The molecule has 1 heteroatoms. The minimum Gasteiger partial charge on any atom is -0.374 e. The maximum Gasteiger partial charge on any atom is 0.0742 e. The van der Waals surface area contributed by atoms with Crippen LogP contribution >= 0.6 is 0 Å². The van der Waals surface area contributed by atoms with Crippen molar-refractivity contribution in [1.82, 2.24) is 0 Å². The van der Waals surface area contributed by atoms with E-state index in [1.165, 1.54) is 44.9 Å². The van der Waals surface area contributed by atoms with Crippen LogP contribution in [0.1, 0.15) is 72.1 Å². The van der Waals surface area contributed by atoms with Gasteiger partial charge in [-0.25, -0.2) is 0 Å². The van der Waals surface area contributed by atoms with E-state index in [9.17, 15) is 0 Å². The topological polar surface area (TPSA) is 9.23 Å². The Morgan fingerprint density at radius 1 is 1.12 bits per heavy atom. The third-order valence-electron chi connectivity index (χ3n) is 5.00. The molecular weight excluding hydrogens is 208 g/mol. The molecule has 0 amide bonds. The lowest BCUT2D eigenvalue weighted by atomic mass is 9.69. The van der Waals surface area contributed by atoms with E-state index in [4.69, 9.17) is 4.74 Å². The molecule has 1 unspecified atom stereocenters. The summed E-state index contributed by atoms with van der Waals surface area (Å²) in [5.74, 6) is 0.